The van der Waals surface area contributed by atoms with Crippen LogP contribution in [0.5, 0.6) is 0 Å². The average Bonchev–Trinajstić information content (AvgIpc) is 2.50. The van der Waals surface area contributed by atoms with E-state index in [0.717, 1.165) is 11.1 Å². The molecule has 2 rings (SSSR count). The van der Waals surface area contributed by atoms with Crippen molar-refractivity contribution in [3.05, 3.63) is 52.9 Å². The van der Waals surface area contributed by atoms with Gasteiger partial charge in [-0.1, -0.05) is 25.4 Å². The highest BCUT2D eigenvalue weighted by molar-refractivity contribution is 6.29. The quantitative estimate of drug-likeness (QED) is 0.807. The molecule has 1 heterocycles. The van der Waals surface area contributed by atoms with Crippen LogP contribution in [0.4, 0.5) is 4.39 Å². The monoisotopic (exact) mass is 325 g/mol. The van der Waals surface area contributed by atoms with Crippen LogP contribution in [0.2, 0.25) is 5.15 Å². The minimum atomic E-state index is -0.499. The molecule has 0 amide bonds. The molecule has 0 aliphatic rings. The predicted octanol–water partition coefficient (Wildman–Crippen LogP) is 4.34. The van der Waals surface area contributed by atoms with Gasteiger partial charge in [-0.15, -0.1) is 0 Å². The molecule has 0 saturated carbocycles. The fourth-order valence-corrected chi connectivity index (χ4v) is 1.85. The van der Waals surface area contributed by atoms with Crippen molar-refractivity contribution in [1.29, 1.82) is 0 Å². The Kier molecular flexibility index (Phi) is 8.87. The van der Waals surface area contributed by atoms with Gasteiger partial charge in [0.1, 0.15) is 11.0 Å². The first-order chi connectivity index (χ1) is 10.4. The highest BCUT2D eigenvalue weighted by Gasteiger charge is 2.16. The van der Waals surface area contributed by atoms with Crippen molar-refractivity contribution in [1.82, 2.24) is 4.98 Å². The summed E-state index contributed by atoms with van der Waals surface area (Å²) < 4.78 is 12.9. The van der Waals surface area contributed by atoms with Crippen LogP contribution in [0.15, 0.2) is 36.4 Å². The minimum Gasteiger partial charge on any atom is -0.333 e. The second kappa shape index (κ2) is 9.51. The van der Waals surface area contributed by atoms with Crippen molar-refractivity contribution in [2.24, 2.45) is 11.5 Å². The van der Waals surface area contributed by atoms with Crippen LogP contribution < -0.4 is 11.5 Å². The zero-order valence-electron chi connectivity index (χ0n) is 13.8. The van der Waals surface area contributed by atoms with Gasteiger partial charge in [-0.05, 0) is 62.9 Å². The number of aromatic nitrogens is 1. The lowest BCUT2D eigenvalue weighted by Crippen LogP contribution is -2.28. The van der Waals surface area contributed by atoms with Gasteiger partial charge in [0.05, 0.1) is 5.69 Å². The van der Waals surface area contributed by atoms with Gasteiger partial charge in [0.2, 0.25) is 0 Å². The van der Waals surface area contributed by atoms with Gasteiger partial charge in [0.25, 0.3) is 0 Å². The first kappa shape index (κ1) is 20.5. The molecule has 0 bridgehead atoms. The zero-order valence-corrected chi connectivity index (χ0v) is 14.6. The molecule has 1 aromatic heterocycles. The lowest BCUT2D eigenvalue weighted by Gasteiger charge is -2.20. The van der Waals surface area contributed by atoms with Crippen LogP contribution in [0.25, 0.3) is 11.3 Å². The highest BCUT2D eigenvalue weighted by atomic mass is 35.5. The molecule has 2 aromatic rings. The second-order valence-electron chi connectivity index (χ2n) is 4.79. The Balaban J connectivity index is 0.00000102. The van der Waals surface area contributed by atoms with Crippen molar-refractivity contribution in [2.75, 3.05) is 7.05 Å². The van der Waals surface area contributed by atoms with Crippen molar-refractivity contribution in [3.63, 3.8) is 0 Å². The Labute approximate surface area is 137 Å². The average molecular weight is 326 g/mol. The van der Waals surface area contributed by atoms with E-state index in [1.807, 2.05) is 33.8 Å². The number of nitrogens with zero attached hydrogens (tertiary/aromatic N) is 1. The number of benzene rings is 1. The Hall–Kier alpha value is -1.49. The summed E-state index contributed by atoms with van der Waals surface area (Å²) >= 11 is 6.00. The molecule has 4 N–H and O–H groups in total. The molecule has 0 atom stereocenters. The molecule has 0 fully saturated rings. The first-order valence-corrected chi connectivity index (χ1v) is 7.55. The molecule has 0 spiro atoms. The third kappa shape index (κ3) is 6.10. The van der Waals surface area contributed by atoms with E-state index in [-0.39, 0.29) is 5.82 Å². The summed E-state index contributed by atoms with van der Waals surface area (Å²) in [5.41, 5.74) is 12.4. The molecule has 0 aliphatic heterocycles. The predicted molar refractivity (Wildman–Crippen MR) is 93.3 cm³/mol. The van der Waals surface area contributed by atoms with E-state index in [4.69, 9.17) is 17.3 Å². The van der Waals surface area contributed by atoms with Gasteiger partial charge in [-0.25, -0.2) is 9.37 Å². The molecular formula is C17H25ClFN3. The largest absolute Gasteiger partial charge is 0.333 e. The SMILES string of the molecule is CC.CC(C)(N)c1cc(Cl)nc(-c2ccc(F)cc2)c1.CN. The van der Waals surface area contributed by atoms with Crippen LogP contribution in [0.1, 0.15) is 33.3 Å². The minimum absolute atomic E-state index is 0.278. The van der Waals surface area contributed by atoms with E-state index >= 15 is 0 Å². The molecule has 1 aromatic carbocycles. The van der Waals surface area contributed by atoms with E-state index in [1.165, 1.54) is 19.2 Å². The molecule has 122 valence electrons. The summed E-state index contributed by atoms with van der Waals surface area (Å²) in [5, 5.41) is 0.380. The first-order valence-electron chi connectivity index (χ1n) is 7.17. The van der Waals surface area contributed by atoms with E-state index < -0.39 is 5.54 Å². The van der Waals surface area contributed by atoms with Crippen molar-refractivity contribution in [3.8, 4) is 11.3 Å². The van der Waals surface area contributed by atoms with Crippen LogP contribution in [-0.2, 0) is 5.54 Å². The van der Waals surface area contributed by atoms with Gasteiger partial charge < -0.3 is 11.5 Å². The summed E-state index contributed by atoms with van der Waals surface area (Å²) in [6.45, 7) is 7.79. The third-order valence-corrected chi connectivity index (χ3v) is 2.87. The molecule has 3 nitrogen and oxygen atoms in total. The van der Waals surface area contributed by atoms with Crippen LogP contribution >= 0.6 is 11.6 Å². The Bertz CT molecular complexity index is 563. The summed E-state index contributed by atoms with van der Waals surface area (Å²) in [6, 6.07) is 9.74. The summed E-state index contributed by atoms with van der Waals surface area (Å²) in [4.78, 5) is 4.23. The number of nitrogens with two attached hydrogens (primary N) is 2. The van der Waals surface area contributed by atoms with E-state index in [2.05, 4.69) is 10.7 Å². The van der Waals surface area contributed by atoms with Gasteiger partial charge in [-0.2, -0.15) is 0 Å². The molecular weight excluding hydrogens is 301 g/mol. The Morgan fingerprint density at radius 1 is 1.05 bits per heavy atom. The molecule has 0 unspecified atom stereocenters. The number of hydrogen-bond donors (Lipinski definition) is 2. The van der Waals surface area contributed by atoms with E-state index in [1.54, 1.807) is 18.2 Å². The molecule has 0 radical (unpaired) electrons. The van der Waals surface area contributed by atoms with Crippen LogP contribution in [0, 0.1) is 5.82 Å². The van der Waals surface area contributed by atoms with Crippen molar-refractivity contribution >= 4 is 11.6 Å². The van der Waals surface area contributed by atoms with E-state index in [9.17, 15) is 4.39 Å². The Morgan fingerprint density at radius 3 is 2.00 bits per heavy atom. The maximum absolute atomic E-state index is 12.9. The fourth-order valence-electron chi connectivity index (χ4n) is 1.64. The standard InChI is InChI=1S/C14H14ClFN2.C2H6.CH5N/c1-14(2,17)10-7-12(18-13(15)8-10)9-3-5-11(16)6-4-9;2*1-2/h3-8H,17H2,1-2H3;1-2H3;2H2,1H3. The summed E-state index contributed by atoms with van der Waals surface area (Å²) in [7, 11) is 1.50. The van der Waals surface area contributed by atoms with Crippen LogP contribution in [0.3, 0.4) is 0 Å². The summed E-state index contributed by atoms with van der Waals surface area (Å²) in [5.74, 6) is -0.278. The van der Waals surface area contributed by atoms with Crippen LogP contribution in [-0.4, -0.2) is 12.0 Å². The lowest BCUT2D eigenvalue weighted by molar-refractivity contribution is 0.554. The topological polar surface area (TPSA) is 64.9 Å². The zero-order chi connectivity index (χ0) is 17.3. The molecule has 0 saturated heterocycles. The third-order valence-electron chi connectivity index (χ3n) is 2.68. The molecule has 22 heavy (non-hydrogen) atoms. The normalized spacial score (nSPS) is 10.0. The van der Waals surface area contributed by atoms with Gasteiger partial charge in [-0.3, -0.25) is 0 Å². The van der Waals surface area contributed by atoms with Gasteiger partial charge in [0, 0.05) is 11.1 Å². The lowest BCUT2D eigenvalue weighted by atomic mass is 9.95. The highest BCUT2D eigenvalue weighted by Crippen LogP contribution is 2.26. The number of pyridine rings is 1. The number of hydrogen-bond acceptors (Lipinski definition) is 3. The second-order valence-corrected chi connectivity index (χ2v) is 5.18. The number of halogens is 2. The summed E-state index contributed by atoms with van der Waals surface area (Å²) in [6.07, 6.45) is 0. The molecule has 5 heteroatoms. The van der Waals surface area contributed by atoms with E-state index in [0.29, 0.717) is 10.8 Å². The fraction of sp³-hybridized carbons (Fsp3) is 0.353. The maximum atomic E-state index is 12.9. The number of rotatable bonds is 2. The smallest absolute Gasteiger partial charge is 0.130 e. The van der Waals surface area contributed by atoms with Gasteiger partial charge >= 0.3 is 0 Å². The molecule has 0 aliphatic carbocycles. The Morgan fingerprint density at radius 2 is 1.55 bits per heavy atom. The maximum Gasteiger partial charge on any atom is 0.130 e. The van der Waals surface area contributed by atoms with Crippen molar-refractivity contribution < 1.29 is 4.39 Å². The van der Waals surface area contributed by atoms with Gasteiger partial charge in [0.15, 0.2) is 0 Å². The van der Waals surface area contributed by atoms with Crippen molar-refractivity contribution in [2.45, 2.75) is 33.2 Å².